The van der Waals surface area contributed by atoms with Gasteiger partial charge in [-0.05, 0) is 81.4 Å². The third kappa shape index (κ3) is 7.85. The first-order valence-corrected chi connectivity index (χ1v) is 21.7. The predicted octanol–water partition coefficient (Wildman–Crippen LogP) is 6.02. The zero-order valence-electron chi connectivity index (χ0n) is 34.4. The van der Waals surface area contributed by atoms with Crippen LogP contribution in [-0.2, 0) is 9.59 Å². The quantitative estimate of drug-likeness (QED) is 0.118. The number of hydrogen-bond acceptors (Lipinski definition) is 13. The van der Waals surface area contributed by atoms with Crippen LogP contribution in [0.2, 0.25) is 10.0 Å². The second-order valence-electron chi connectivity index (χ2n) is 16.6. The van der Waals surface area contributed by atoms with E-state index in [9.17, 15) is 24.4 Å². The lowest BCUT2D eigenvalue weighted by molar-refractivity contribution is -0.136. The number of ether oxygens (including phenoxy) is 3. The first-order valence-electron chi connectivity index (χ1n) is 21.0. The molecule has 4 amide bonds. The Bertz CT molecular complexity index is 2520. The van der Waals surface area contributed by atoms with Crippen molar-refractivity contribution in [1.29, 1.82) is 5.26 Å². The molecule has 3 unspecified atom stereocenters. The van der Waals surface area contributed by atoms with Gasteiger partial charge in [0.1, 0.15) is 17.9 Å². The number of pyridine rings is 1. The van der Waals surface area contributed by atoms with Gasteiger partial charge in [-0.15, -0.1) is 0 Å². The van der Waals surface area contributed by atoms with Crippen molar-refractivity contribution < 1.29 is 33.4 Å². The van der Waals surface area contributed by atoms with E-state index in [0.717, 1.165) is 75.5 Å². The van der Waals surface area contributed by atoms with Crippen molar-refractivity contribution in [1.82, 2.24) is 25.0 Å². The van der Waals surface area contributed by atoms with Crippen LogP contribution in [0.5, 0.6) is 17.2 Å². The smallest absolute Gasteiger partial charge is 0.262 e. The maximum atomic E-state index is 13.4. The van der Waals surface area contributed by atoms with E-state index in [1.165, 1.54) is 13.3 Å². The highest BCUT2D eigenvalue weighted by Crippen LogP contribution is 2.42. The fourth-order valence-corrected chi connectivity index (χ4v) is 10.2. The number of benzene rings is 3. The van der Waals surface area contributed by atoms with E-state index in [1.807, 2.05) is 24.3 Å². The summed E-state index contributed by atoms with van der Waals surface area (Å²) in [4.78, 5) is 63.9. The van der Waals surface area contributed by atoms with E-state index in [0.29, 0.717) is 90.9 Å². The van der Waals surface area contributed by atoms with Crippen LogP contribution in [0.4, 0.5) is 17.1 Å². The van der Waals surface area contributed by atoms with Gasteiger partial charge in [-0.1, -0.05) is 23.2 Å². The van der Waals surface area contributed by atoms with Gasteiger partial charge in [0.05, 0.1) is 64.5 Å². The van der Waals surface area contributed by atoms with E-state index in [-0.39, 0.29) is 18.7 Å². The number of amides is 4. The molecule has 0 spiro atoms. The number of likely N-dealkylation sites (tertiary alicyclic amines) is 2. The number of rotatable bonds is 13. The number of fused-ring (bicyclic) bond motifs is 4. The lowest BCUT2D eigenvalue weighted by Gasteiger charge is -2.39. The summed E-state index contributed by atoms with van der Waals surface area (Å²) in [6.45, 7) is 6.42. The number of aromatic nitrogens is 1. The van der Waals surface area contributed by atoms with E-state index in [4.69, 9.17) is 37.4 Å². The van der Waals surface area contributed by atoms with Gasteiger partial charge in [-0.3, -0.25) is 39.3 Å². The van der Waals surface area contributed by atoms with Crippen LogP contribution in [0.15, 0.2) is 48.7 Å². The summed E-state index contributed by atoms with van der Waals surface area (Å²) in [5.41, 5.74) is 3.55. The number of nitriles is 1. The lowest BCUT2D eigenvalue weighted by Crippen LogP contribution is -2.54. The molecule has 3 aromatic carbocycles. The van der Waals surface area contributed by atoms with Crippen LogP contribution in [0.1, 0.15) is 64.8 Å². The predicted molar refractivity (Wildman–Crippen MR) is 233 cm³/mol. The van der Waals surface area contributed by atoms with E-state index < -0.39 is 23.8 Å². The zero-order valence-corrected chi connectivity index (χ0v) is 35.9. The van der Waals surface area contributed by atoms with Gasteiger partial charge in [0.15, 0.2) is 11.5 Å². The molecule has 0 aliphatic carbocycles. The standard InChI is InChI=1S/C45H46Cl2N8O7/c1-60-38-19-36(33(46)17-34(38)47)50-42-26(20-48)21-49-35-18-40(39(61-2)16-32(35)42)62-13-3-10-52-11-8-25(9-12-52)22-53-23-29-14-28(53)24-54(29)27-4-5-30-31(15-27)45(59)55(44(30)58)37-6-7-41(56)51-43(37)57/h4-5,15-19,21,25,28-29,37H,3,6-14,22-24H2,1-2H3,(H,49,50)(H,51,56,57). The Morgan fingerprint density at radius 2 is 1.69 bits per heavy atom. The van der Waals surface area contributed by atoms with Crippen molar-refractivity contribution >= 4 is 74.8 Å². The lowest BCUT2D eigenvalue weighted by atomic mass is 9.95. The molecule has 17 heteroatoms. The summed E-state index contributed by atoms with van der Waals surface area (Å²) >= 11 is 12.8. The maximum absolute atomic E-state index is 13.4. The van der Waals surface area contributed by atoms with Gasteiger partial charge < -0.3 is 29.3 Å². The van der Waals surface area contributed by atoms with Crippen LogP contribution < -0.4 is 29.7 Å². The van der Waals surface area contributed by atoms with Gasteiger partial charge >= 0.3 is 0 Å². The number of halogens is 2. The Hall–Kier alpha value is -5.66. The first kappa shape index (κ1) is 41.7. The minimum absolute atomic E-state index is 0.0931. The Labute approximate surface area is 368 Å². The number of piperidine rings is 2. The average Bonchev–Trinajstić information content (AvgIpc) is 3.94. The van der Waals surface area contributed by atoms with E-state index in [1.54, 1.807) is 25.3 Å². The van der Waals surface area contributed by atoms with Crippen molar-refractivity contribution in [3.05, 3.63) is 75.4 Å². The molecular weight excluding hydrogens is 835 g/mol. The van der Waals surface area contributed by atoms with Crippen LogP contribution >= 0.6 is 23.2 Å². The van der Waals surface area contributed by atoms with E-state index >= 15 is 0 Å². The van der Waals surface area contributed by atoms with Crippen molar-refractivity contribution in [3.8, 4) is 23.3 Å². The molecule has 0 saturated carbocycles. The topological polar surface area (TPSA) is 170 Å². The number of carbonyl (C=O) groups excluding carboxylic acids is 4. The number of nitrogens with zero attached hydrogens (tertiary/aromatic N) is 6. The van der Waals surface area contributed by atoms with Crippen LogP contribution in [0.25, 0.3) is 10.9 Å². The molecule has 322 valence electrons. The summed E-state index contributed by atoms with van der Waals surface area (Å²) < 4.78 is 17.4. The van der Waals surface area contributed by atoms with Gasteiger partial charge in [-0.25, -0.2) is 0 Å². The summed E-state index contributed by atoms with van der Waals surface area (Å²) in [5, 5.41) is 16.9. The van der Waals surface area contributed by atoms with Gasteiger partial charge in [0, 0.05) is 74.1 Å². The Kier molecular flexibility index (Phi) is 11.6. The highest BCUT2D eigenvalue weighted by Gasteiger charge is 2.47. The summed E-state index contributed by atoms with van der Waals surface area (Å²) in [6.07, 6.45) is 5.94. The Morgan fingerprint density at radius 3 is 2.42 bits per heavy atom. The minimum atomic E-state index is -0.972. The number of anilines is 3. The summed E-state index contributed by atoms with van der Waals surface area (Å²) in [7, 11) is 3.10. The molecule has 2 N–H and O–H groups in total. The normalized spacial score (nSPS) is 21.7. The second kappa shape index (κ2) is 17.2. The molecule has 9 rings (SSSR count). The summed E-state index contributed by atoms with van der Waals surface area (Å²) in [5.74, 6) is 0.216. The molecule has 4 saturated heterocycles. The molecule has 15 nitrogen and oxygen atoms in total. The first-order chi connectivity index (χ1) is 30.0. The molecule has 1 aromatic heterocycles. The molecular formula is C45H46Cl2N8O7. The van der Waals surface area contributed by atoms with Gasteiger partial charge in [-0.2, -0.15) is 5.26 Å². The van der Waals surface area contributed by atoms with Crippen LogP contribution in [0.3, 0.4) is 0 Å². The van der Waals surface area contributed by atoms with E-state index in [2.05, 4.69) is 36.4 Å². The third-order valence-corrected chi connectivity index (χ3v) is 13.6. The second-order valence-corrected chi connectivity index (χ2v) is 17.4. The molecule has 62 heavy (non-hydrogen) atoms. The summed E-state index contributed by atoms with van der Waals surface area (Å²) in [6, 6.07) is 14.3. The van der Waals surface area contributed by atoms with Crippen molar-refractivity contribution in [2.45, 2.75) is 56.7 Å². The van der Waals surface area contributed by atoms with Gasteiger partial charge in [0.25, 0.3) is 11.8 Å². The molecule has 5 aliphatic rings. The number of hydrogen-bond donors (Lipinski definition) is 2. The average molecular weight is 882 g/mol. The van der Waals surface area contributed by atoms with Crippen molar-refractivity contribution in [2.75, 3.05) is 70.3 Å². The molecule has 6 heterocycles. The fourth-order valence-electron chi connectivity index (χ4n) is 9.73. The molecule has 2 bridgehead atoms. The highest BCUT2D eigenvalue weighted by molar-refractivity contribution is 6.37. The molecule has 4 aromatic rings. The monoisotopic (exact) mass is 880 g/mol. The molecule has 3 atom stereocenters. The van der Waals surface area contributed by atoms with Crippen LogP contribution in [-0.4, -0.2) is 122 Å². The maximum Gasteiger partial charge on any atom is 0.262 e. The number of piperazine rings is 1. The van der Waals surface area contributed by atoms with Crippen LogP contribution in [0, 0.1) is 17.2 Å². The van der Waals surface area contributed by atoms with Crippen molar-refractivity contribution in [2.24, 2.45) is 5.92 Å². The van der Waals surface area contributed by atoms with Gasteiger partial charge in [0.2, 0.25) is 11.8 Å². The molecule has 4 fully saturated rings. The number of carbonyl (C=O) groups is 4. The molecule has 0 radical (unpaired) electrons. The van der Waals surface area contributed by atoms with Crippen molar-refractivity contribution in [3.63, 3.8) is 0 Å². The zero-order chi connectivity index (χ0) is 43.2. The Balaban J connectivity index is 0.746. The Morgan fingerprint density at radius 1 is 0.903 bits per heavy atom. The minimum Gasteiger partial charge on any atom is -0.495 e. The largest absolute Gasteiger partial charge is 0.495 e. The third-order valence-electron chi connectivity index (χ3n) is 13.0. The number of nitrogens with one attached hydrogen (secondary N) is 2. The molecule has 5 aliphatic heterocycles. The highest BCUT2D eigenvalue weighted by atomic mass is 35.5. The number of imide groups is 2. The fraction of sp³-hybridized carbons (Fsp3) is 0.422. The number of methoxy groups -OCH3 is 2. The SMILES string of the molecule is COc1cc(Nc2c(C#N)cnc3cc(OCCCN4CCC(CN5CC6CC5CN6c5ccc6c(c5)C(=O)N(C5CCC(=O)NC5=O)C6=O)CC4)c(OC)cc23)c(Cl)cc1Cl.